The maximum atomic E-state index is 12.5. The molecule has 0 radical (unpaired) electrons. The van der Waals surface area contributed by atoms with Gasteiger partial charge in [-0.25, -0.2) is 0 Å². The second kappa shape index (κ2) is 6.37. The lowest BCUT2D eigenvalue weighted by atomic mass is 9.74. The highest BCUT2D eigenvalue weighted by Crippen LogP contribution is 2.34. The van der Waals surface area contributed by atoms with Crippen LogP contribution in [0.15, 0.2) is 0 Å². The molecule has 1 heterocycles. The van der Waals surface area contributed by atoms with E-state index in [1.807, 2.05) is 0 Å². The number of primary amides is 1. The van der Waals surface area contributed by atoms with Crippen LogP contribution in [0.1, 0.15) is 46.5 Å². The van der Waals surface area contributed by atoms with Crippen molar-refractivity contribution in [1.29, 1.82) is 0 Å². The second-order valence-electron chi connectivity index (χ2n) is 6.21. The summed E-state index contributed by atoms with van der Waals surface area (Å²) in [4.78, 5) is 23.8. The summed E-state index contributed by atoms with van der Waals surface area (Å²) in [5, 5.41) is 6.22. The first-order valence-electron chi connectivity index (χ1n) is 7.13. The van der Waals surface area contributed by atoms with Crippen LogP contribution in [0.25, 0.3) is 0 Å². The minimum Gasteiger partial charge on any atom is -0.369 e. The second-order valence-corrected chi connectivity index (χ2v) is 6.21. The van der Waals surface area contributed by atoms with Gasteiger partial charge in [0.05, 0.1) is 10.8 Å². The topological polar surface area (TPSA) is 84.2 Å². The van der Waals surface area contributed by atoms with Gasteiger partial charge in [0.1, 0.15) is 0 Å². The molecule has 5 nitrogen and oxygen atoms in total. The Morgan fingerprint density at radius 3 is 2.37 bits per heavy atom. The maximum absolute atomic E-state index is 12.5. The number of hydrogen-bond donors (Lipinski definition) is 3. The molecule has 0 aromatic rings. The molecule has 0 unspecified atom stereocenters. The zero-order valence-electron chi connectivity index (χ0n) is 12.3. The Hall–Kier alpha value is -1.10. The van der Waals surface area contributed by atoms with Crippen LogP contribution in [0.5, 0.6) is 0 Å². The zero-order chi connectivity index (χ0) is 14.5. The van der Waals surface area contributed by atoms with Crippen molar-refractivity contribution in [2.75, 3.05) is 19.6 Å². The minimum absolute atomic E-state index is 0.0742. The molecule has 110 valence electrons. The summed E-state index contributed by atoms with van der Waals surface area (Å²) in [6.07, 6.45) is 3.62. The molecule has 0 saturated carbocycles. The summed E-state index contributed by atoms with van der Waals surface area (Å²) in [5.41, 5.74) is 4.36. The monoisotopic (exact) mass is 269 g/mol. The number of rotatable bonds is 6. The fraction of sp³-hybridized carbons (Fsp3) is 0.857. The van der Waals surface area contributed by atoms with E-state index in [0.717, 1.165) is 38.8 Å². The van der Waals surface area contributed by atoms with Gasteiger partial charge >= 0.3 is 0 Å². The Kier molecular flexibility index (Phi) is 5.35. The molecule has 0 aromatic carbocycles. The molecular formula is C14H27N3O2. The van der Waals surface area contributed by atoms with Crippen LogP contribution >= 0.6 is 0 Å². The fourth-order valence-corrected chi connectivity index (χ4v) is 2.55. The molecule has 5 heteroatoms. The van der Waals surface area contributed by atoms with E-state index < -0.39 is 5.41 Å². The van der Waals surface area contributed by atoms with Gasteiger partial charge in [-0.15, -0.1) is 0 Å². The van der Waals surface area contributed by atoms with Gasteiger partial charge in [-0.05, 0) is 46.2 Å². The molecule has 1 saturated heterocycles. The van der Waals surface area contributed by atoms with Gasteiger partial charge in [0, 0.05) is 6.54 Å². The lowest BCUT2D eigenvalue weighted by Gasteiger charge is -2.37. The van der Waals surface area contributed by atoms with Crippen LogP contribution < -0.4 is 16.4 Å². The summed E-state index contributed by atoms with van der Waals surface area (Å²) in [6, 6.07) is 0. The Labute approximate surface area is 115 Å². The first-order valence-corrected chi connectivity index (χ1v) is 7.13. The van der Waals surface area contributed by atoms with Gasteiger partial charge in [0.15, 0.2) is 0 Å². The van der Waals surface area contributed by atoms with Crippen molar-refractivity contribution < 1.29 is 9.59 Å². The highest BCUT2D eigenvalue weighted by Gasteiger charge is 2.39. The van der Waals surface area contributed by atoms with E-state index in [1.165, 1.54) is 0 Å². The summed E-state index contributed by atoms with van der Waals surface area (Å²) in [7, 11) is 0. The number of carbonyl (C=O) groups is 2. The molecule has 4 N–H and O–H groups in total. The number of amides is 2. The van der Waals surface area contributed by atoms with E-state index in [0.29, 0.717) is 6.54 Å². The Morgan fingerprint density at radius 1 is 1.32 bits per heavy atom. The highest BCUT2D eigenvalue weighted by atomic mass is 16.2. The fourth-order valence-electron chi connectivity index (χ4n) is 2.55. The number of hydrogen-bond acceptors (Lipinski definition) is 3. The van der Waals surface area contributed by atoms with Crippen molar-refractivity contribution in [3.63, 3.8) is 0 Å². The predicted molar refractivity (Wildman–Crippen MR) is 75.4 cm³/mol. The van der Waals surface area contributed by atoms with Crippen LogP contribution in [0.4, 0.5) is 0 Å². The van der Waals surface area contributed by atoms with Crippen LogP contribution in [0.3, 0.4) is 0 Å². The van der Waals surface area contributed by atoms with Crippen LogP contribution in [0.2, 0.25) is 0 Å². The molecule has 1 fully saturated rings. The molecule has 2 amide bonds. The van der Waals surface area contributed by atoms with Crippen LogP contribution in [-0.4, -0.2) is 31.4 Å². The molecule has 1 rings (SSSR count). The number of piperidine rings is 1. The lowest BCUT2D eigenvalue weighted by molar-refractivity contribution is -0.134. The number of nitrogens with one attached hydrogen (secondary N) is 2. The van der Waals surface area contributed by atoms with Crippen LogP contribution in [0, 0.1) is 10.8 Å². The van der Waals surface area contributed by atoms with Gasteiger partial charge in [-0.2, -0.15) is 0 Å². The van der Waals surface area contributed by atoms with Crippen molar-refractivity contribution in [2.24, 2.45) is 16.6 Å². The predicted octanol–water partition coefficient (Wildman–Crippen LogP) is 0.784. The third kappa shape index (κ3) is 3.93. The lowest BCUT2D eigenvalue weighted by Crippen LogP contribution is -2.51. The maximum Gasteiger partial charge on any atom is 0.226 e. The van der Waals surface area contributed by atoms with Crippen molar-refractivity contribution in [2.45, 2.75) is 46.5 Å². The Morgan fingerprint density at radius 2 is 1.89 bits per heavy atom. The third-order valence-corrected chi connectivity index (χ3v) is 4.13. The molecule has 0 aliphatic carbocycles. The zero-order valence-corrected chi connectivity index (χ0v) is 12.3. The summed E-state index contributed by atoms with van der Waals surface area (Å²) < 4.78 is 0. The van der Waals surface area contributed by atoms with Crippen molar-refractivity contribution in [3.8, 4) is 0 Å². The minimum atomic E-state index is -0.698. The van der Waals surface area contributed by atoms with E-state index in [4.69, 9.17) is 5.73 Å². The molecule has 0 aromatic heterocycles. The van der Waals surface area contributed by atoms with E-state index in [-0.39, 0.29) is 17.2 Å². The van der Waals surface area contributed by atoms with Crippen LogP contribution in [-0.2, 0) is 9.59 Å². The quantitative estimate of drug-likeness (QED) is 0.666. The standard InChI is InChI=1S/C14H27N3O2/c1-4-5-14(6-8-16-9-7-14)12(19)17-10-13(2,3)11(15)18/h16H,4-10H2,1-3H3,(H2,15,18)(H,17,19). The van der Waals surface area contributed by atoms with E-state index in [9.17, 15) is 9.59 Å². The number of nitrogens with two attached hydrogens (primary N) is 1. The molecule has 19 heavy (non-hydrogen) atoms. The highest BCUT2D eigenvalue weighted by molar-refractivity contribution is 5.85. The first kappa shape index (κ1) is 16.0. The normalized spacial score (nSPS) is 18.9. The molecule has 1 aliphatic rings. The molecule has 0 bridgehead atoms. The summed E-state index contributed by atoms with van der Waals surface area (Å²) >= 11 is 0. The Bertz CT molecular complexity index is 328. The van der Waals surface area contributed by atoms with Gasteiger partial charge in [-0.1, -0.05) is 13.3 Å². The molecule has 0 spiro atoms. The van der Waals surface area contributed by atoms with Crippen molar-refractivity contribution in [3.05, 3.63) is 0 Å². The first-order chi connectivity index (χ1) is 8.84. The molecule has 1 aliphatic heterocycles. The van der Waals surface area contributed by atoms with E-state index in [1.54, 1.807) is 13.8 Å². The van der Waals surface area contributed by atoms with E-state index >= 15 is 0 Å². The van der Waals surface area contributed by atoms with Gasteiger partial charge < -0.3 is 16.4 Å². The SMILES string of the molecule is CCCC1(C(=O)NCC(C)(C)C(N)=O)CCNCC1. The van der Waals surface area contributed by atoms with Crippen molar-refractivity contribution in [1.82, 2.24) is 10.6 Å². The smallest absolute Gasteiger partial charge is 0.226 e. The van der Waals surface area contributed by atoms with Gasteiger partial charge in [-0.3, -0.25) is 9.59 Å². The summed E-state index contributed by atoms with van der Waals surface area (Å²) in [5.74, 6) is -0.312. The Balaban J connectivity index is 2.65. The molecule has 0 atom stereocenters. The van der Waals surface area contributed by atoms with Gasteiger partial charge in [0.2, 0.25) is 11.8 Å². The summed E-state index contributed by atoms with van der Waals surface area (Å²) in [6.45, 7) is 7.68. The average molecular weight is 269 g/mol. The number of carbonyl (C=O) groups excluding carboxylic acids is 2. The molecular weight excluding hydrogens is 242 g/mol. The van der Waals surface area contributed by atoms with E-state index in [2.05, 4.69) is 17.6 Å². The largest absolute Gasteiger partial charge is 0.369 e. The van der Waals surface area contributed by atoms with Gasteiger partial charge in [0.25, 0.3) is 0 Å². The average Bonchev–Trinajstić information content (AvgIpc) is 2.37. The van der Waals surface area contributed by atoms with Crippen molar-refractivity contribution >= 4 is 11.8 Å². The third-order valence-electron chi connectivity index (χ3n) is 4.13.